The number of carbonyl (C=O) groups is 2. The van der Waals surface area contributed by atoms with Crippen LogP contribution < -0.4 is 10.5 Å². The summed E-state index contributed by atoms with van der Waals surface area (Å²) in [6.45, 7) is 1.24. The van der Waals surface area contributed by atoms with E-state index in [0.717, 1.165) is 16.1 Å². The molecule has 0 aliphatic rings. The van der Waals surface area contributed by atoms with Crippen molar-refractivity contribution in [1.82, 2.24) is 5.32 Å². The fraction of sp³-hybridized carbons (Fsp3) is 0.176. The summed E-state index contributed by atoms with van der Waals surface area (Å²) in [4.78, 5) is 23.8. The Balaban J connectivity index is 1.99. The van der Waals surface area contributed by atoms with Crippen molar-refractivity contribution < 1.29 is 22.7 Å². The van der Waals surface area contributed by atoms with Crippen LogP contribution in [0.25, 0.3) is 0 Å². The van der Waals surface area contributed by atoms with Gasteiger partial charge in [-0.2, -0.15) is 0 Å². The fourth-order valence-corrected chi connectivity index (χ4v) is 3.16. The average molecular weight is 476 g/mol. The van der Waals surface area contributed by atoms with Crippen LogP contribution >= 0.6 is 27.5 Å². The Morgan fingerprint density at radius 2 is 1.85 bits per heavy atom. The molecule has 10 heteroatoms. The normalized spacial score (nSPS) is 12.3. The molecule has 1 atom stereocenters. The molecule has 144 valence electrons. The van der Waals surface area contributed by atoms with Gasteiger partial charge in [-0.25, -0.2) is 18.4 Å². The highest BCUT2D eigenvalue weighted by Gasteiger charge is 2.18. The Labute approximate surface area is 170 Å². The van der Waals surface area contributed by atoms with Crippen molar-refractivity contribution in [3.8, 4) is 0 Å². The standard InChI is InChI=1S/C17H16BrClN2O5S/c1-10(11-2-4-12(18)5-3-11)21-16(22)9-26-17(23)14-8-13(27(20,24)25)6-7-15(14)19/h2-8,10H,9H2,1H3,(H,21,22)(H2,20,24,25). The monoisotopic (exact) mass is 474 g/mol. The Morgan fingerprint density at radius 1 is 1.22 bits per heavy atom. The van der Waals surface area contributed by atoms with Crippen LogP contribution in [0, 0.1) is 0 Å². The Kier molecular flexibility index (Phi) is 6.99. The maximum Gasteiger partial charge on any atom is 0.340 e. The topological polar surface area (TPSA) is 116 Å². The van der Waals surface area contributed by atoms with Crippen LogP contribution in [0.5, 0.6) is 0 Å². The Bertz CT molecular complexity index is 964. The highest BCUT2D eigenvalue weighted by atomic mass is 79.9. The first-order chi connectivity index (χ1) is 12.6. The van der Waals surface area contributed by atoms with Gasteiger partial charge in [-0.3, -0.25) is 4.79 Å². The van der Waals surface area contributed by atoms with Gasteiger partial charge in [0.25, 0.3) is 5.91 Å². The van der Waals surface area contributed by atoms with Crippen molar-refractivity contribution in [1.29, 1.82) is 0 Å². The maximum atomic E-state index is 12.1. The Hall–Kier alpha value is -1.94. The first-order valence-corrected chi connectivity index (χ1v) is 10.3. The SMILES string of the molecule is CC(NC(=O)COC(=O)c1cc(S(N)(=O)=O)ccc1Cl)c1ccc(Br)cc1. The first-order valence-electron chi connectivity index (χ1n) is 7.62. The van der Waals surface area contributed by atoms with E-state index in [1.54, 1.807) is 6.92 Å². The van der Waals surface area contributed by atoms with Crippen LogP contribution in [0.3, 0.4) is 0 Å². The number of rotatable bonds is 6. The highest BCUT2D eigenvalue weighted by Crippen LogP contribution is 2.21. The quantitative estimate of drug-likeness (QED) is 0.623. The van der Waals surface area contributed by atoms with Gasteiger partial charge in [-0.1, -0.05) is 39.7 Å². The van der Waals surface area contributed by atoms with Crippen LogP contribution in [0.15, 0.2) is 51.8 Å². The van der Waals surface area contributed by atoms with Crippen molar-refractivity contribution in [2.75, 3.05) is 6.61 Å². The van der Waals surface area contributed by atoms with Gasteiger partial charge in [0.2, 0.25) is 10.0 Å². The lowest BCUT2D eigenvalue weighted by Crippen LogP contribution is -2.31. The third-order valence-corrected chi connectivity index (χ3v) is 5.34. The molecule has 27 heavy (non-hydrogen) atoms. The number of sulfonamides is 1. The minimum absolute atomic E-state index is 0.0176. The number of halogens is 2. The average Bonchev–Trinajstić information content (AvgIpc) is 2.59. The molecule has 2 aromatic rings. The van der Waals surface area contributed by atoms with E-state index in [1.165, 1.54) is 12.1 Å². The summed E-state index contributed by atoms with van der Waals surface area (Å²) in [5, 5.41) is 7.70. The van der Waals surface area contributed by atoms with E-state index in [-0.39, 0.29) is 21.5 Å². The second-order valence-electron chi connectivity index (χ2n) is 5.60. The predicted octanol–water partition coefficient (Wildman–Crippen LogP) is 2.78. The van der Waals surface area contributed by atoms with Crippen LogP contribution in [-0.4, -0.2) is 26.9 Å². The summed E-state index contributed by atoms with van der Waals surface area (Å²) in [5.74, 6) is -1.45. The van der Waals surface area contributed by atoms with Crippen LogP contribution in [0.4, 0.5) is 0 Å². The second-order valence-corrected chi connectivity index (χ2v) is 8.49. The molecule has 2 aromatic carbocycles. The van der Waals surface area contributed by atoms with Crippen molar-refractivity contribution >= 4 is 49.4 Å². The van der Waals surface area contributed by atoms with Gasteiger partial charge in [0, 0.05) is 4.47 Å². The van der Waals surface area contributed by atoms with E-state index in [0.29, 0.717) is 0 Å². The number of benzene rings is 2. The van der Waals surface area contributed by atoms with Crippen molar-refractivity contribution in [3.05, 3.63) is 63.1 Å². The number of primary sulfonamides is 1. The summed E-state index contributed by atoms with van der Waals surface area (Å²) in [6.07, 6.45) is 0. The third-order valence-electron chi connectivity index (χ3n) is 3.57. The van der Waals surface area contributed by atoms with Crippen LogP contribution in [0.1, 0.15) is 28.9 Å². The molecule has 0 aliphatic carbocycles. The largest absolute Gasteiger partial charge is 0.452 e. The number of hydrogen-bond acceptors (Lipinski definition) is 5. The maximum absolute atomic E-state index is 12.1. The van der Waals surface area contributed by atoms with E-state index in [1.807, 2.05) is 24.3 Å². The number of carbonyl (C=O) groups excluding carboxylic acids is 2. The van der Waals surface area contributed by atoms with Gasteiger partial charge in [0.1, 0.15) is 0 Å². The molecule has 2 rings (SSSR count). The number of amides is 1. The van der Waals surface area contributed by atoms with Crippen LogP contribution in [-0.2, 0) is 19.6 Å². The lowest BCUT2D eigenvalue weighted by Gasteiger charge is -2.14. The van der Waals surface area contributed by atoms with E-state index < -0.39 is 28.5 Å². The molecule has 0 radical (unpaired) electrons. The summed E-state index contributed by atoms with van der Waals surface area (Å²) in [5.41, 5.74) is 0.679. The molecule has 1 amide bonds. The van der Waals surface area contributed by atoms with Gasteiger partial charge in [0.15, 0.2) is 6.61 Å². The molecule has 0 bridgehead atoms. The number of esters is 1. The molecule has 0 heterocycles. The van der Waals surface area contributed by atoms with E-state index >= 15 is 0 Å². The molecule has 0 aromatic heterocycles. The van der Waals surface area contributed by atoms with E-state index in [9.17, 15) is 18.0 Å². The number of hydrogen-bond donors (Lipinski definition) is 2. The number of nitrogens with one attached hydrogen (secondary N) is 1. The lowest BCUT2D eigenvalue weighted by atomic mass is 10.1. The van der Waals surface area contributed by atoms with Gasteiger partial charge in [-0.15, -0.1) is 0 Å². The molecular formula is C17H16BrClN2O5S. The van der Waals surface area contributed by atoms with E-state index in [2.05, 4.69) is 21.2 Å². The molecule has 0 saturated heterocycles. The highest BCUT2D eigenvalue weighted by molar-refractivity contribution is 9.10. The molecule has 3 N–H and O–H groups in total. The summed E-state index contributed by atoms with van der Waals surface area (Å²) in [7, 11) is -4.01. The van der Waals surface area contributed by atoms with Crippen molar-refractivity contribution in [3.63, 3.8) is 0 Å². The van der Waals surface area contributed by atoms with Crippen molar-refractivity contribution in [2.45, 2.75) is 17.9 Å². The van der Waals surface area contributed by atoms with E-state index in [4.69, 9.17) is 21.5 Å². The summed E-state index contributed by atoms with van der Waals surface area (Å²) >= 11 is 9.22. The minimum atomic E-state index is -4.01. The lowest BCUT2D eigenvalue weighted by molar-refractivity contribution is -0.124. The third kappa shape index (κ3) is 6.03. The summed E-state index contributed by atoms with van der Waals surface area (Å²) in [6, 6.07) is 10.5. The summed E-state index contributed by atoms with van der Waals surface area (Å²) < 4.78 is 28.6. The molecular weight excluding hydrogens is 460 g/mol. The predicted molar refractivity (Wildman–Crippen MR) is 104 cm³/mol. The van der Waals surface area contributed by atoms with Crippen LogP contribution in [0.2, 0.25) is 5.02 Å². The molecule has 0 fully saturated rings. The van der Waals surface area contributed by atoms with Gasteiger partial charge >= 0.3 is 5.97 Å². The number of nitrogens with two attached hydrogens (primary N) is 1. The second kappa shape index (κ2) is 8.83. The van der Waals surface area contributed by atoms with Gasteiger partial charge < -0.3 is 10.1 Å². The molecule has 0 spiro atoms. The van der Waals surface area contributed by atoms with Gasteiger partial charge in [0.05, 0.1) is 21.5 Å². The molecule has 7 nitrogen and oxygen atoms in total. The molecule has 1 unspecified atom stereocenters. The Morgan fingerprint density at radius 3 is 2.44 bits per heavy atom. The molecule has 0 saturated carbocycles. The molecule has 0 aliphatic heterocycles. The zero-order chi connectivity index (χ0) is 20.2. The first kappa shape index (κ1) is 21.4. The van der Waals surface area contributed by atoms with Gasteiger partial charge in [-0.05, 0) is 42.8 Å². The van der Waals surface area contributed by atoms with Crippen molar-refractivity contribution in [2.24, 2.45) is 5.14 Å². The zero-order valence-corrected chi connectivity index (χ0v) is 17.3. The zero-order valence-electron chi connectivity index (χ0n) is 14.1. The number of ether oxygens (including phenoxy) is 1. The fourth-order valence-electron chi connectivity index (χ4n) is 2.16. The smallest absolute Gasteiger partial charge is 0.340 e. The minimum Gasteiger partial charge on any atom is -0.452 e.